The molecule has 0 amide bonds. The summed E-state index contributed by atoms with van der Waals surface area (Å²) in [6.45, 7) is 14.3. The Hall–Kier alpha value is -0.700. The molecular formula is C26H47P2+. The normalized spacial score (nSPS) is 12.8. The minimum Gasteiger partial charge on any atom is 1.00 e. The second-order valence-corrected chi connectivity index (χ2v) is 19.4. The summed E-state index contributed by atoms with van der Waals surface area (Å²) in [5, 5.41) is 0. The van der Waals surface area contributed by atoms with Crippen LogP contribution in [0.4, 0.5) is 0 Å². The van der Waals surface area contributed by atoms with Gasteiger partial charge >= 0.3 is 179 Å². The van der Waals surface area contributed by atoms with Gasteiger partial charge in [0.15, 0.2) is 0 Å². The summed E-state index contributed by atoms with van der Waals surface area (Å²) >= 11 is 0. The van der Waals surface area contributed by atoms with Crippen LogP contribution in [0.15, 0.2) is 60.7 Å². The summed E-state index contributed by atoms with van der Waals surface area (Å²) in [4.78, 5) is 0. The molecule has 0 nitrogen and oxygen atoms in total. The molecule has 28 heavy (non-hydrogen) atoms. The Morgan fingerprint density at radius 2 is 0.714 bits per heavy atom. The van der Waals surface area contributed by atoms with E-state index in [0.29, 0.717) is 0 Å². The van der Waals surface area contributed by atoms with Crippen molar-refractivity contribution in [3.8, 4) is 0 Å². The van der Waals surface area contributed by atoms with E-state index in [2.05, 4.69) is 102 Å². The van der Waals surface area contributed by atoms with Crippen LogP contribution in [-0.2, 0) is 12.3 Å². The summed E-state index contributed by atoms with van der Waals surface area (Å²) < 4.78 is 0. The number of hydrogen-bond donors (Lipinski definition) is 0. The maximum atomic E-state index is 2.38. The van der Waals surface area contributed by atoms with Gasteiger partial charge in [-0.3, -0.25) is 0 Å². The Morgan fingerprint density at radius 3 is 0.929 bits per heavy atom. The van der Waals surface area contributed by atoms with E-state index < -0.39 is 14.5 Å². The smallest absolute Gasteiger partial charge is 1.00 e. The Bertz CT molecular complexity index is 546. The van der Waals surface area contributed by atoms with Crippen LogP contribution in [0.1, 0.15) is 54.1 Å². The van der Waals surface area contributed by atoms with E-state index in [0.717, 1.165) is 0 Å². The Kier molecular flexibility index (Phi) is 12.2. The van der Waals surface area contributed by atoms with Crippen LogP contribution >= 0.6 is 14.5 Å². The molecule has 0 aliphatic heterocycles. The summed E-state index contributed by atoms with van der Waals surface area (Å²) in [7, 11) is -1.92. The number of rotatable bonds is 10. The zero-order valence-electron chi connectivity index (χ0n) is 20.4. The molecule has 2 heteroatoms. The molecule has 2 aromatic rings. The molecule has 0 spiro atoms. The van der Waals surface area contributed by atoms with E-state index in [-0.39, 0.29) is 1.43 Å². The SMILES string of the molecule is CC[PH](CC)(CC)Cc1ccccc1.CC[PH](CC)(CC)Cc1ccccc1.[H+]. The van der Waals surface area contributed by atoms with Gasteiger partial charge in [-0.2, -0.15) is 0 Å². The fourth-order valence-corrected chi connectivity index (χ4v) is 11.0. The third kappa shape index (κ3) is 7.97. The predicted octanol–water partition coefficient (Wildman–Crippen LogP) is 8.10. The molecule has 0 saturated heterocycles. The van der Waals surface area contributed by atoms with E-state index in [1.165, 1.54) is 49.3 Å². The van der Waals surface area contributed by atoms with Gasteiger partial charge in [-0.15, -0.1) is 0 Å². The molecule has 0 atom stereocenters. The molecule has 0 radical (unpaired) electrons. The molecule has 2 aromatic carbocycles. The van der Waals surface area contributed by atoms with E-state index >= 15 is 0 Å². The molecule has 0 N–H and O–H groups in total. The second-order valence-electron chi connectivity index (χ2n) is 8.45. The molecule has 0 aromatic heterocycles. The topological polar surface area (TPSA) is 0 Å². The molecule has 0 aliphatic carbocycles. The van der Waals surface area contributed by atoms with Crippen molar-refractivity contribution in [1.29, 1.82) is 0 Å². The van der Waals surface area contributed by atoms with Crippen molar-refractivity contribution in [2.24, 2.45) is 0 Å². The average Bonchev–Trinajstić information content (AvgIpc) is 2.78. The first-order valence-electron chi connectivity index (χ1n) is 11.6. The maximum Gasteiger partial charge on any atom is 1.00 e. The molecule has 0 saturated carbocycles. The minimum atomic E-state index is -0.958. The minimum absolute atomic E-state index is 0. The van der Waals surface area contributed by atoms with Crippen molar-refractivity contribution >= 4 is 14.5 Å². The number of benzene rings is 2. The number of hydrogen-bond acceptors (Lipinski definition) is 0. The molecule has 0 unspecified atom stereocenters. The van der Waals surface area contributed by atoms with E-state index in [9.17, 15) is 0 Å². The van der Waals surface area contributed by atoms with E-state index in [1.54, 1.807) is 11.1 Å². The molecule has 0 bridgehead atoms. The van der Waals surface area contributed by atoms with Gasteiger partial charge in [0, 0.05) is 0 Å². The summed E-state index contributed by atoms with van der Waals surface area (Å²) in [5.74, 6) is 0. The maximum absolute atomic E-state index is 2.38. The van der Waals surface area contributed by atoms with Gasteiger partial charge in [0.05, 0.1) is 0 Å². The van der Waals surface area contributed by atoms with E-state index in [1.807, 2.05) is 0 Å². The third-order valence-electron chi connectivity index (χ3n) is 7.34. The zero-order chi connectivity index (χ0) is 20.9. The van der Waals surface area contributed by atoms with Gasteiger partial charge < -0.3 is 0 Å². The predicted molar refractivity (Wildman–Crippen MR) is 141 cm³/mol. The largest absolute Gasteiger partial charge is 1.00 e. The Morgan fingerprint density at radius 1 is 0.464 bits per heavy atom. The molecule has 0 aliphatic rings. The van der Waals surface area contributed by atoms with Gasteiger partial charge in [0.25, 0.3) is 0 Å². The zero-order valence-corrected chi connectivity index (χ0v) is 21.4. The molecule has 2 rings (SSSR count). The van der Waals surface area contributed by atoms with E-state index in [4.69, 9.17) is 0 Å². The fourth-order valence-electron chi connectivity index (χ4n) is 4.31. The second kappa shape index (κ2) is 13.5. The monoisotopic (exact) mass is 421 g/mol. The first-order valence-corrected chi connectivity index (χ1v) is 17.3. The van der Waals surface area contributed by atoms with Gasteiger partial charge in [0.2, 0.25) is 0 Å². The summed E-state index contributed by atoms with van der Waals surface area (Å²) in [5.41, 5.74) is 3.09. The summed E-state index contributed by atoms with van der Waals surface area (Å²) in [6, 6.07) is 22.0. The molecular weight excluding hydrogens is 374 g/mol. The van der Waals surface area contributed by atoms with Gasteiger partial charge in [0.1, 0.15) is 0 Å². The fraction of sp³-hybridized carbons (Fsp3) is 0.538. The van der Waals surface area contributed by atoms with Gasteiger partial charge in [-0.25, -0.2) is 0 Å². The van der Waals surface area contributed by atoms with Crippen LogP contribution in [0.2, 0.25) is 0 Å². The van der Waals surface area contributed by atoms with Crippen LogP contribution in [0.25, 0.3) is 0 Å². The van der Waals surface area contributed by atoms with Crippen LogP contribution in [0.3, 0.4) is 0 Å². The Labute approximate surface area is 178 Å². The van der Waals surface area contributed by atoms with Gasteiger partial charge in [-0.1, -0.05) is 0 Å². The van der Waals surface area contributed by atoms with Crippen molar-refractivity contribution < 1.29 is 1.43 Å². The molecule has 160 valence electrons. The third-order valence-corrected chi connectivity index (χ3v) is 18.7. The van der Waals surface area contributed by atoms with Crippen LogP contribution in [0.5, 0.6) is 0 Å². The van der Waals surface area contributed by atoms with Crippen molar-refractivity contribution in [2.75, 3.05) is 37.0 Å². The van der Waals surface area contributed by atoms with Crippen molar-refractivity contribution in [3.63, 3.8) is 0 Å². The van der Waals surface area contributed by atoms with Crippen LogP contribution in [0, 0.1) is 0 Å². The van der Waals surface area contributed by atoms with Crippen molar-refractivity contribution in [2.45, 2.75) is 53.9 Å². The van der Waals surface area contributed by atoms with Crippen LogP contribution in [-0.4, -0.2) is 37.0 Å². The first-order chi connectivity index (χ1) is 13.5. The first kappa shape index (κ1) is 25.3. The average molecular weight is 422 g/mol. The Balaban J connectivity index is 0.000000523. The standard InChI is InChI=1S/2C13H23P/c2*1-4-14(5-2,6-3)12-13-10-8-7-9-11-13/h2*7-11,14H,4-6,12H2,1-3H3/p+1. The molecule has 0 heterocycles. The quantitative estimate of drug-likeness (QED) is 0.340. The van der Waals surface area contributed by atoms with Crippen LogP contribution < -0.4 is 0 Å². The van der Waals surface area contributed by atoms with Gasteiger partial charge in [-0.05, 0) is 0 Å². The van der Waals surface area contributed by atoms with Crippen molar-refractivity contribution in [3.05, 3.63) is 71.8 Å². The summed E-state index contributed by atoms with van der Waals surface area (Å²) in [6.07, 6.45) is 11.3. The van der Waals surface area contributed by atoms with Crippen molar-refractivity contribution in [1.82, 2.24) is 0 Å². The molecule has 0 fully saturated rings.